The van der Waals surface area contributed by atoms with Gasteiger partial charge in [-0.05, 0) is 6.07 Å². The minimum atomic E-state index is -4.27. The average molecular weight is 249 g/mol. The molecule has 1 N–H and O–H groups in total. The second-order valence-corrected chi connectivity index (χ2v) is 3.23. The average Bonchev–Trinajstić information content (AvgIpc) is 2.23. The number of hydrogen-bond acceptors (Lipinski definition) is 3. The van der Waals surface area contributed by atoms with Crippen LogP contribution in [0.25, 0.3) is 0 Å². The van der Waals surface area contributed by atoms with Gasteiger partial charge in [-0.2, -0.15) is 13.2 Å². The van der Waals surface area contributed by atoms with Gasteiger partial charge in [0.25, 0.3) is 0 Å². The molecule has 0 unspecified atom stereocenters. The molecule has 0 saturated heterocycles. The van der Waals surface area contributed by atoms with Crippen molar-refractivity contribution in [3.8, 4) is 0 Å². The molecule has 94 valence electrons. The third-order valence-electron chi connectivity index (χ3n) is 1.88. The van der Waals surface area contributed by atoms with Crippen LogP contribution in [-0.2, 0) is 11.3 Å². The molecule has 1 heterocycles. The van der Waals surface area contributed by atoms with Crippen molar-refractivity contribution in [2.75, 3.05) is 6.61 Å². The number of alkyl halides is 3. The smallest absolute Gasteiger partial charge is 0.391 e. The Balaban J connectivity index is 2.49. The molecule has 1 aromatic rings. The SMILES string of the molecule is O=C(O)c1ncccc1COCCC(F)(F)F. The fraction of sp³-hybridized carbons (Fsp3) is 0.400. The summed E-state index contributed by atoms with van der Waals surface area (Å²) in [7, 11) is 0. The monoisotopic (exact) mass is 249 g/mol. The predicted octanol–water partition coefficient (Wildman–Crippen LogP) is 2.25. The molecule has 7 heteroatoms. The summed E-state index contributed by atoms with van der Waals surface area (Å²) in [6, 6.07) is 2.94. The van der Waals surface area contributed by atoms with E-state index in [9.17, 15) is 18.0 Å². The number of aromatic nitrogens is 1. The zero-order valence-corrected chi connectivity index (χ0v) is 8.70. The molecule has 0 fully saturated rings. The van der Waals surface area contributed by atoms with E-state index in [1.807, 2.05) is 0 Å². The highest BCUT2D eigenvalue weighted by atomic mass is 19.4. The Labute approximate surface area is 95.0 Å². The van der Waals surface area contributed by atoms with Crippen LogP contribution in [-0.4, -0.2) is 28.8 Å². The first-order valence-electron chi connectivity index (χ1n) is 4.72. The summed E-state index contributed by atoms with van der Waals surface area (Å²) in [4.78, 5) is 14.3. The molecule has 0 atom stereocenters. The van der Waals surface area contributed by atoms with E-state index in [1.165, 1.54) is 18.3 Å². The highest BCUT2D eigenvalue weighted by Gasteiger charge is 2.26. The van der Waals surface area contributed by atoms with E-state index in [1.54, 1.807) is 0 Å². The zero-order chi connectivity index (χ0) is 12.9. The lowest BCUT2D eigenvalue weighted by atomic mass is 10.2. The van der Waals surface area contributed by atoms with Crippen LogP contribution < -0.4 is 0 Å². The molecule has 0 amide bonds. The van der Waals surface area contributed by atoms with E-state index < -0.39 is 25.2 Å². The number of halogens is 3. The Morgan fingerprint density at radius 2 is 2.18 bits per heavy atom. The van der Waals surface area contributed by atoms with E-state index in [0.29, 0.717) is 0 Å². The Morgan fingerprint density at radius 3 is 2.76 bits per heavy atom. The summed E-state index contributed by atoms with van der Waals surface area (Å²) < 4.78 is 40.2. The van der Waals surface area contributed by atoms with Crippen LogP contribution in [0.2, 0.25) is 0 Å². The van der Waals surface area contributed by atoms with Gasteiger partial charge in [-0.25, -0.2) is 9.78 Å². The molecule has 4 nitrogen and oxygen atoms in total. The number of pyridine rings is 1. The van der Waals surface area contributed by atoms with Crippen LogP contribution in [0.1, 0.15) is 22.5 Å². The Kier molecular flexibility index (Phi) is 4.45. The van der Waals surface area contributed by atoms with Crippen LogP contribution in [0.5, 0.6) is 0 Å². The molecular formula is C10H10F3NO3. The Morgan fingerprint density at radius 1 is 1.47 bits per heavy atom. The van der Waals surface area contributed by atoms with Gasteiger partial charge in [-0.3, -0.25) is 0 Å². The highest BCUT2D eigenvalue weighted by Crippen LogP contribution is 2.19. The fourth-order valence-electron chi connectivity index (χ4n) is 1.12. The third kappa shape index (κ3) is 4.81. The Bertz CT molecular complexity index is 393. The number of hydrogen-bond donors (Lipinski definition) is 1. The molecule has 0 bridgehead atoms. The molecule has 0 aliphatic heterocycles. The molecule has 0 saturated carbocycles. The van der Waals surface area contributed by atoms with Gasteiger partial charge in [-0.15, -0.1) is 0 Å². The number of carboxylic acid groups (broad SMARTS) is 1. The van der Waals surface area contributed by atoms with Gasteiger partial charge in [-0.1, -0.05) is 6.07 Å². The van der Waals surface area contributed by atoms with Crippen molar-refractivity contribution in [1.29, 1.82) is 0 Å². The lowest BCUT2D eigenvalue weighted by molar-refractivity contribution is -0.146. The summed E-state index contributed by atoms with van der Waals surface area (Å²) in [5.41, 5.74) is 0.0432. The molecule has 0 aliphatic rings. The van der Waals surface area contributed by atoms with Crippen LogP contribution >= 0.6 is 0 Å². The minimum Gasteiger partial charge on any atom is -0.477 e. The third-order valence-corrected chi connectivity index (χ3v) is 1.88. The van der Waals surface area contributed by atoms with Crippen molar-refractivity contribution in [1.82, 2.24) is 4.98 Å². The molecule has 0 aliphatic carbocycles. The number of ether oxygens (including phenoxy) is 1. The second-order valence-electron chi connectivity index (χ2n) is 3.23. The van der Waals surface area contributed by atoms with E-state index in [2.05, 4.69) is 4.98 Å². The summed E-state index contributed by atoms with van der Waals surface area (Å²) in [6.45, 7) is -0.705. The number of rotatable bonds is 5. The van der Waals surface area contributed by atoms with E-state index in [4.69, 9.17) is 9.84 Å². The molecule has 0 radical (unpaired) electrons. The van der Waals surface area contributed by atoms with Crippen molar-refractivity contribution in [3.05, 3.63) is 29.6 Å². The summed E-state index contributed by atoms with van der Waals surface area (Å²) in [5.74, 6) is -1.24. The first-order chi connectivity index (χ1) is 7.90. The lowest BCUT2D eigenvalue weighted by Crippen LogP contribution is -2.12. The topological polar surface area (TPSA) is 59.4 Å². The predicted molar refractivity (Wildman–Crippen MR) is 51.5 cm³/mol. The first-order valence-corrected chi connectivity index (χ1v) is 4.72. The van der Waals surface area contributed by atoms with Crippen LogP contribution in [0.4, 0.5) is 13.2 Å². The number of aromatic carboxylic acids is 1. The quantitative estimate of drug-likeness (QED) is 0.813. The molecule has 1 rings (SSSR count). The largest absolute Gasteiger partial charge is 0.477 e. The van der Waals surface area contributed by atoms with E-state index >= 15 is 0 Å². The maximum absolute atomic E-state index is 11.8. The van der Waals surface area contributed by atoms with Gasteiger partial charge in [0.05, 0.1) is 19.6 Å². The summed E-state index contributed by atoms with van der Waals surface area (Å²) in [5, 5.41) is 8.75. The number of carboxylic acids is 1. The molecule has 17 heavy (non-hydrogen) atoms. The van der Waals surface area contributed by atoms with Crippen molar-refractivity contribution in [2.24, 2.45) is 0 Å². The maximum atomic E-state index is 11.8. The molecular weight excluding hydrogens is 239 g/mol. The standard InChI is InChI=1S/C10H10F3NO3/c11-10(12,13)3-5-17-6-7-2-1-4-14-8(7)9(15)16/h1-2,4H,3,5-6H2,(H,15,16). The fourth-order valence-corrected chi connectivity index (χ4v) is 1.12. The van der Waals surface area contributed by atoms with Gasteiger partial charge < -0.3 is 9.84 Å². The second kappa shape index (κ2) is 5.62. The maximum Gasteiger partial charge on any atom is 0.391 e. The molecule has 1 aromatic heterocycles. The first kappa shape index (κ1) is 13.4. The zero-order valence-electron chi connectivity index (χ0n) is 8.70. The van der Waals surface area contributed by atoms with Gasteiger partial charge in [0, 0.05) is 11.8 Å². The van der Waals surface area contributed by atoms with Gasteiger partial charge in [0.1, 0.15) is 0 Å². The van der Waals surface area contributed by atoms with Crippen molar-refractivity contribution < 1.29 is 27.8 Å². The summed E-state index contributed by atoms with van der Waals surface area (Å²) >= 11 is 0. The van der Waals surface area contributed by atoms with E-state index in [0.717, 1.165) is 0 Å². The van der Waals surface area contributed by atoms with Crippen LogP contribution in [0, 0.1) is 0 Å². The normalized spacial score (nSPS) is 11.5. The van der Waals surface area contributed by atoms with Crippen molar-refractivity contribution >= 4 is 5.97 Å². The Hall–Kier alpha value is -1.63. The van der Waals surface area contributed by atoms with Gasteiger partial charge in [0.2, 0.25) is 0 Å². The minimum absolute atomic E-state index is 0.203. The van der Waals surface area contributed by atoms with Crippen molar-refractivity contribution in [2.45, 2.75) is 19.2 Å². The number of carbonyl (C=O) groups is 1. The van der Waals surface area contributed by atoms with Crippen LogP contribution in [0.15, 0.2) is 18.3 Å². The molecule has 0 spiro atoms. The van der Waals surface area contributed by atoms with Gasteiger partial charge in [0.15, 0.2) is 5.69 Å². The summed E-state index contributed by atoms with van der Waals surface area (Å²) in [6.07, 6.45) is -4.04. The van der Waals surface area contributed by atoms with Gasteiger partial charge >= 0.3 is 12.1 Å². The van der Waals surface area contributed by atoms with E-state index in [-0.39, 0.29) is 17.9 Å². The number of nitrogens with zero attached hydrogens (tertiary/aromatic N) is 1. The lowest BCUT2D eigenvalue weighted by Gasteiger charge is -2.08. The highest BCUT2D eigenvalue weighted by molar-refractivity contribution is 5.86. The van der Waals surface area contributed by atoms with Crippen LogP contribution in [0.3, 0.4) is 0 Å². The molecule has 0 aromatic carbocycles. The van der Waals surface area contributed by atoms with Crippen molar-refractivity contribution in [3.63, 3.8) is 0 Å².